The first-order chi connectivity index (χ1) is 16.8. The SMILES string of the molecule is C[C@]1(c2ccc3ccccc3c2)NC(=O)N(CC(=O)NCc2ccc(-c3ccc(Cl)cc3)o2)C1=O. The van der Waals surface area contributed by atoms with Gasteiger partial charge in [-0.15, -0.1) is 0 Å². The molecule has 0 bridgehead atoms. The minimum absolute atomic E-state index is 0.123. The van der Waals surface area contributed by atoms with Crippen LogP contribution in [0.2, 0.25) is 5.02 Å². The molecule has 0 saturated carbocycles. The van der Waals surface area contributed by atoms with Crippen molar-refractivity contribution in [1.29, 1.82) is 0 Å². The summed E-state index contributed by atoms with van der Waals surface area (Å²) >= 11 is 5.92. The molecule has 1 aromatic heterocycles. The minimum Gasteiger partial charge on any atom is -0.459 e. The van der Waals surface area contributed by atoms with E-state index in [9.17, 15) is 14.4 Å². The fraction of sp³-hybridized carbons (Fsp3) is 0.148. The highest BCUT2D eigenvalue weighted by molar-refractivity contribution is 6.30. The summed E-state index contributed by atoms with van der Waals surface area (Å²) in [6.45, 7) is 1.38. The monoisotopic (exact) mass is 487 g/mol. The Bertz CT molecular complexity index is 1450. The zero-order valence-corrected chi connectivity index (χ0v) is 19.6. The molecule has 1 fully saturated rings. The molecule has 0 unspecified atom stereocenters. The van der Waals surface area contributed by atoms with Crippen LogP contribution in [-0.2, 0) is 21.7 Å². The van der Waals surface area contributed by atoms with Crippen molar-refractivity contribution in [2.24, 2.45) is 0 Å². The normalized spacial score (nSPS) is 17.6. The quantitative estimate of drug-likeness (QED) is 0.381. The van der Waals surface area contributed by atoms with E-state index in [1.807, 2.05) is 54.6 Å². The molecule has 1 aliphatic heterocycles. The van der Waals surface area contributed by atoms with Crippen LogP contribution in [-0.4, -0.2) is 29.3 Å². The summed E-state index contributed by atoms with van der Waals surface area (Å²) < 4.78 is 5.78. The van der Waals surface area contributed by atoms with Gasteiger partial charge in [0, 0.05) is 10.6 Å². The zero-order chi connectivity index (χ0) is 24.6. The molecular weight excluding hydrogens is 466 g/mol. The standard InChI is InChI=1S/C27H22ClN3O4/c1-27(20-9-6-17-4-2-3-5-19(17)14-20)25(33)31(26(34)30-27)16-24(32)29-15-22-12-13-23(35-22)18-7-10-21(28)11-8-18/h2-14H,15-16H2,1H3,(H,29,32)(H,30,34)/t27-/m1/s1. The third-order valence-electron chi connectivity index (χ3n) is 6.15. The van der Waals surface area contributed by atoms with Crippen LogP contribution >= 0.6 is 11.6 Å². The highest BCUT2D eigenvalue weighted by Crippen LogP contribution is 2.31. The second-order valence-electron chi connectivity index (χ2n) is 8.56. The molecule has 35 heavy (non-hydrogen) atoms. The number of imide groups is 1. The van der Waals surface area contributed by atoms with Gasteiger partial charge in [0.15, 0.2) is 0 Å². The van der Waals surface area contributed by atoms with E-state index in [0.29, 0.717) is 22.1 Å². The number of amides is 4. The van der Waals surface area contributed by atoms with Crippen LogP contribution in [0.1, 0.15) is 18.2 Å². The van der Waals surface area contributed by atoms with E-state index in [0.717, 1.165) is 21.2 Å². The van der Waals surface area contributed by atoms with E-state index < -0.39 is 29.9 Å². The highest BCUT2D eigenvalue weighted by atomic mass is 35.5. The van der Waals surface area contributed by atoms with Gasteiger partial charge in [-0.1, -0.05) is 48.0 Å². The van der Waals surface area contributed by atoms with Gasteiger partial charge in [0.1, 0.15) is 23.6 Å². The summed E-state index contributed by atoms with van der Waals surface area (Å²) in [5.74, 6) is 0.240. The molecular formula is C27H22ClN3O4. The number of furan rings is 1. The number of nitrogens with one attached hydrogen (secondary N) is 2. The van der Waals surface area contributed by atoms with Crippen molar-refractivity contribution in [1.82, 2.24) is 15.5 Å². The number of hydrogen-bond donors (Lipinski definition) is 2. The number of nitrogens with zero attached hydrogens (tertiary/aromatic N) is 1. The van der Waals surface area contributed by atoms with Gasteiger partial charge in [-0.3, -0.25) is 14.5 Å². The van der Waals surface area contributed by atoms with Gasteiger partial charge in [0.25, 0.3) is 5.91 Å². The van der Waals surface area contributed by atoms with Crippen molar-refractivity contribution in [3.05, 3.63) is 95.2 Å². The van der Waals surface area contributed by atoms with E-state index >= 15 is 0 Å². The minimum atomic E-state index is -1.25. The van der Waals surface area contributed by atoms with E-state index in [2.05, 4.69) is 10.6 Å². The van der Waals surface area contributed by atoms with Crippen molar-refractivity contribution < 1.29 is 18.8 Å². The molecule has 2 heterocycles. The lowest BCUT2D eigenvalue weighted by Crippen LogP contribution is -2.43. The highest BCUT2D eigenvalue weighted by Gasteiger charge is 2.49. The summed E-state index contributed by atoms with van der Waals surface area (Å²) in [6, 6.07) is 23.6. The Morgan fingerprint density at radius 1 is 1.00 bits per heavy atom. The third-order valence-corrected chi connectivity index (χ3v) is 6.41. The Balaban J connectivity index is 1.24. The largest absolute Gasteiger partial charge is 0.459 e. The Kier molecular flexibility index (Phi) is 5.78. The first-order valence-electron chi connectivity index (χ1n) is 11.1. The predicted molar refractivity (Wildman–Crippen MR) is 133 cm³/mol. The average Bonchev–Trinajstić information content (AvgIpc) is 3.42. The number of halogens is 1. The molecule has 1 saturated heterocycles. The molecule has 0 aliphatic carbocycles. The van der Waals surface area contributed by atoms with Crippen LogP contribution in [0, 0.1) is 0 Å². The molecule has 0 radical (unpaired) electrons. The van der Waals surface area contributed by atoms with Gasteiger partial charge in [-0.2, -0.15) is 0 Å². The van der Waals surface area contributed by atoms with Gasteiger partial charge in [0.2, 0.25) is 5.91 Å². The van der Waals surface area contributed by atoms with Crippen molar-refractivity contribution in [3.8, 4) is 11.3 Å². The molecule has 0 spiro atoms. The number of urea groups is 1. The maximum absolute atomic E-state index is 13.2. The van der Waals surface area contributed by atoms with Crippen LogP contribution in [0.25, 0.3) is 22.1 Å². The summed E-state index contributed by atoms with van der Waals surface area (Å²) in [6.07, 6.45) is 0. The van der Waals surface area contributed by atoms with Crippen LogP contribution < -0.4 is 10.6 Å². The van der Waals surface area contributed by atoms with Gasteiger partial charge in [-0.25, -0.2) is 4.79 Å². The lowest BCUT2D eigenvalue weighted by molar-refractivity contribution is -0.134. The van der Waals surface area contributed by atoms with Crippen molar-refractivity contribution in [2.75, 3.05) is 6.54 Å². The second kappa shape index (κ2) is 8.92. The molecule has 1 aliphatic rings. The number of rotatable bonds is 6. The second-order valence-corrected chi connectivity index (χ2v) is 8.99. The number of carbonyl (C=O) groups is 3. The molecule has 7 nitrogen and oxygen atoms in total. The molecule has 4 amide bonds. The fourth-order valence-electron chi connectivity index (χ4n) is 4.16. The maximum Gasteiger partial charge on any atom is 0.325 e. The van der Waals surface area contributed by atoms with Gasteiger partial charge in [-0.05, 0) is 65.7 Å². The Morgan fingerprint density at radius 3 is 2.51 bits per heavy atom. The zero-order valence-electron chi connectivity index (χ0n) is 18.9. The lowest BCUT2D eigenvalue weighted by Gasteiger charge is -2.22. The Hall–Kier alpha value is -4.10. The van der Waals surface area contributed by atoms with E-state index in [-0.39, 0.29) is 6.54 Å². The van der Waals surface area contributed by atoms with Crippen molar-refractivity contribution >= 4 is 40.2 Å². The molecule has 1 atom stereocenters. The van der Waals surface area contributed by atoms with Gasteiger partial charge < -0.3 is 15.1 Å². The summed E-state index contributed by atoms with van der Waals surface area (Å²) in [5, 5.41) is 8.07. The lowest BCUT2D eigenvalue weighted by atomic mass is 9.90. The van der Waals surface area contributed by atoms with Crippen LogP contribution in [0.3, 0.4) is 0 Å². The summed E-state index contributed by atoms with van der Waals surface area (Å²) in [5.41, 5.74) is 0.262. The van der Waals surface area contributed by atoms with E-state index in [1.165, 1.54) is 0 Å². The van der Waals surface area contributed by atoms with Crippen molar-refractivity contribution in [3.63, 3.8) is 0 Å². The Labute approximate surface area is 206 Å². The smallest absolute Gasteiger partial charge is 0.325 e. The van der Waals surface area contributed by atoms with Crippen molar-refractivity contribution in [2.45, 2.75) is 19.0 Å². The topological polar surface area (TPSA) is 91.7 Å². The molecule has 8 heteroatoms. The van der Waals surface area contributed by atoms with Crippen LogP contribution in [0.4, 0.5) is 4.79 Å². The Morgan fingerprint density at radius 2 is 1.74 bits per heavy atom. The summed E-state index contributed by atoms with van der Waals surface area (Å²) in [4.78, 5) is 39.3. The predicted octanol–water partition coefficient (Wildman–Crippen LogP) is 4.84. The number of hydrogen-bond acceptors (Lipinski definition) is 4. The van der Waals surface area contributed by atoms with Gasteiger partial charge in [0.05, 0.1) is 6.54 Å². The fourth-order valence-corrected chi connectivity index (χ4v) is 4.29. The van der Waals surface area contributed by atoms with Gasteiger partial charge >= 0.3 is 6.03 Å². The molecule has 3 aromatic carbocycles. The molecule has 4 aromatic rings. The van der Waals surface area contributed by atoms with Crippen LogP contribution in [0.15, 0.2) is 83.3 Å². The maximum atomic E-state index is 13.2. The molecule has 2 N–H and O–H groups in total. The first-order valence-corrected chi connectivity index (χ1v) is 11.5. The summed E-state index contributed by atoms with van der Waals surface area (Å²) in [7, 11) is 0. The first kappa shape index (κ1) is 22.7. The molecule has 5 rings (SSSR count). The number of fused-ring (bicyclic) bond motifs is 1. The van der Waals surface area contributed by atoms with E-state index in [4.69, 9.17) is 16.0 Å². The number of carbonyl (C=O) groups excluding carboxylic acids is 3. The number of benzene rings is 3. The third kappa shape index (κ3) is 4.38. The van der Waals surface area contributed by atoms with E-state index in [1.54, 1.807) is 31.2 Å². The average molecular weight is 488 g/mol. The van der Waals surface area contributed by atoms with Crippen LogP contribution in [0.5, 0.6) is 0 Å². The molecule has 176 valence electrons.